The molecule has 0 bridgehead atoms. The highest BCUT2D eigenvalue weighted by Crippen LogP contribution is 2.40. The van der Waals surface area contributed by atoms with Gasteiger partial charge in [0.05, 0.1) is 0 Å². The number of hydrogen-bond donors (Lipinski definition) is 0. The Balaban J connectivity index is 1.70. The molecule has 0 aromatic heterocycles. The van der Waals surface area contributed by atoms with Gasteiger partial charge in [0.1, 0.15) is 0 Å². The zero-order chi connectivity index (χ0) is 22.1. The second-order valence-corrected chi connectivity index (χ2v) is 9.00. The first-order valence-corrected chi connectivity index (χ1v) is 12.0. The Kier molecular flexibility index (Phi) is 8.63. The monoisotopic (exact) mass is 422 g/mol. The van der Waals surface area contributed by atoms with Crippen LogP contribution in [0.2, 0.25) is 0 Å². The van der Waals surface area contributed by atoms with Crippen LogP contribution in [0.3, 0.4) is 0 Å². The van der Waals surface area contributed by atoms with E-state index in [2.05, 4.69) is 62.4 Å². The van der Waals surface area contributed by atoms with Gasteiger partial charge in [0.15, 0.2) is 11.6 Å². The molecule has 166 valence electrons. The minimum atomic E-state index is -0.776. The number of allylic oxidation sites excluding steroid dienone is 4. The van der Waals surface area contributed by atoms with Crippen molar-refractivity contribution in [2.45, 2.75) is 77.6 Å². The van der Waals surface area contributed by atoms with Crippen LogP contribution in [0, 0.1) is 17.0 Å². The molecule has 0 aliphatic heterocycles. The molecule has 0 atom stereocenters. The predicted octanol–water partition coefficient (Wildman–Crippen LogP) is 8.72. The Morgan fingerprint density at radius 1 is 0.742 bits per heavy atom. The summed E-state index contributed by atoms with van der Waals surface area (Å²) in [6, 6.07) is 13.5. The molecular formula is C29H36F2. The van der Waals surface area contributed by atoms with E-state index in [9.17, 15) is 8.78 Å². The minimum Gasteiger partial charge on any atom is -0.204 e. The fourth-order valence-corrected chi connectivity index (χ4v) is 4.49. The molecule has 0 heterocycles. The van der Waals surface area contributed by atoms with Crippen molar-refractivity contribution >= 4 is 0 Å². The fourth-order valence-electron chi connectivity index (χ4n) is 4.49. The third-order valence-electron chi connectivity index (χ3n) is 6.58. The van der Waals surface area contributed by atoms with Crippen molar-refractivity contribution in [1.82, 2.24) is 0 Å². The molecular weight excluding hydrogens is 386 g/mol. The topological polar surface area (TPSA) is 0 Å². The smallest absolute Gasteiger partial charge is 0.162 e. The van der Waals surface area contributed by atoms with E-state index in [0.717, 1.165) is 25.7 Å². The molecule has 31 heavy (non-hydrogen) atoms. The summed E-state index contributed by atoms with van der Waals surface area (Å²) in [7, 11) is 0. The summed E-state index contributed by atoms with van der Waals surface area (Å²) in [6.45, 7) is 4.45. The van der Waals surface area contributed by atoms with Gasteiger partial charge in [0, 0.05) is 16.9 Å². The van der Waals surface area contributed by atoms with Gasteiger partial charge in [-0.15, -0.1) is 0 Å². The Morgan fingerprint density at radius 2 is 1.39 bits per heavy atom. The molecule has 2 heteroatoms. The highest BCUT2D eigenvalue weighted by atomic mass is 19.2. The van der Waals surface area contributed by atoms with Gasteiger partial charge in [-0.1, -0.05) is 100 Å². The molecule has 0 unspecified atom stereocenters. The van der Waals surface area contributed by atoms with Crippen molar-refractivity contribution in [3.8, 4) is 0 Å². The lowest BCUT2D eigenvalue weighted by Gasteiger charge is -2.32. The number of hydrogen-bond acceptors (Lipinski definition) is 0. The Labute approximate surface area is 187 Å². The van der Waals surface area contributed by atoms with Crippen molar-refractivity contribution in [1.29, 1.82) is 0 Å². The van der Waals surface area contributed by atoms with Crippen molar-refractivity contribution < 1.29 is 8.78 Å². The minimum absolute atomic E-state index is 0.00362. The third-order valence-corrected chi connectivity index (χ3v) is 6.58. The molecule has 1 aliphatic carbocycles. The summed E-state index contributed by atoms with van der Waals surface area (Å²) in [6.07, 6.45) is 19.0. The van der Waals surface area contributed by atoms with Crippen LogP contribution in [0.4, 0.5) is 8.78 Å². The molecule has 0 N–H and O–H groups in total. The van der Waals surface area contributed by atoms with Crippen molar-refractivity contribution in [2.75, 3.05) is 0 Å². The molecule has 0 saturated carbocycles. The average Bonchev–Trinajstić information content (AvgIpc) is 2.80. The van der Waals surface area contributed by atoms with Gasteiger partial charge in [-0.3, -0.25) is 0 Å². The maximum Gasteiger partial charge on any atom is 0.162 e. The van der Waals surface area contributed by atoms with Crippen LogP contribution < -0.4 is 0 Å². The second-order valence-electron chi connectivity index (χ2n) is 9.00. The van der Waals surface area contributed by atoms with Gasteiger partial charge < -0.3 is 0 Å². The number of rotatable bonds is 11. The molecule has 2 aromatic rings. The van der Waals surface area contributed by atoms with Crippen molar-refractivity contribution in [3.63, 3.8) is 0 Å². The highest BCUT2D eigenvalue weighted by Gasteiger charge is 2.28. The Hall–Kier alpha value is -2.22. The number of halogens is 2. The molecule has 0 nitrogen and oxygen atoms in total. The van der Waals surface area contributed by atoms with E-state index in [1.54, 1.807) is 12.1 Å². The third kappa shape index (κ3) is 6.38. The van der Waals surface area contributed by atoms with E-state index in [-0.39, 0.29) is 11.3 Å². The van der Waals surface area contributed by atoms with Crippen LogP contribution in [0.25, 0.3) is 0 Å². The Bertz CT molecular complexity index is 862. The van der Waals surface area contributed by atoms with Crippen molar-refractivity contribution in [3.05, 3.63) is 95.1 Å². The average molecular weight is 423 g/mol. The summed E-state index contributed by atoms with van der Waals surface area (Å²) >= 11 is 0. The Morgan fingerprint density at radius 3 is 2.03 bits per heavy atom. The molecule has 3 rings (SSSR count). The van der Waals surface area contributed by atoms with Crippen LogP contribution in [0.5, 0.6) is 0 Å². The van der Waals surface area contributed by atoms with Gasteiger partial charge in [-0.25, -0.2) is 8.78 Å². The maximum absolute atomic E-state index is 14.3. The van der Waals surface area contributed by atoms with Gasteiger partial charge in [-0.2, -0.15) is 0 Å². The predicted molar refractivity (Wildman–Crippen MR) is 127 cm³/mol. The van der Waals surface area contributed by atoms with E-state index in [4.69, 9.17) is 0 Å². The zero-order valence-corrected chi connectivity index (χ0v) is 19.0. The van der Waals surface area contributed by atoms with Crippen LogP contribution in [-0.2, 0) is 12.8 Å². The van der Waals surface area contributed by atoms with Gasteiger partial charge >= 0.3 is 0 Å². The first kappa shape index (κ1) is 23.4. The summed E-state index contributed by atoms with van der Waals surface area (Å²) in [5.74, 6) is -1.71. The first-order valence-electron chi connectivity index (χ1n) is 12.0. The maximum atomic E-state index is 14.3. The number of unbranched alkanes of at least 4 members (excludes halogenated alkanes) is 3. The molecule has 1 aliphatic rings. The van der Waals surface area contributed by atoms with E-state index in [0.29, 0.717) is 5.56 Å². The molecule has 0 fully saturated rings. The summed E-state index contributed by atoms with van der Waals surface area (Å²) in [4.78, 5) is 0. The molecule has 0 saturated heterocycles. The van der Waals surface area contributed by atoms with E-state index in [1.807, 2.05) is 0 Å². The van der Waals surface area contributed by atoms with E-state index in [1.165, 1.54) is 49.3 Å². The zero-order valence-electron chi connectivity index (χ0n) is 19.0. The lowest BCUT2D eigenvalue weighted by Crippen LogP contribution is -2.20. The van der Waals surface area contributed by atoms with Crippen molar-refractivity contribution in [2.24, 2.45) is 5.41 Å². The highest BCUT2D eigenvalue weighted by molar-refractivity contribution is 5.36. The fraction of sp³-hybridized carbons (Fsp3) is 0.448. The number of benzene rings is 2. The van der Waals surface area contributed by atoms with Crippen LogP contribution in [0.1, 0.15) is 81.4 Å². The summed E-state index contributed by atoms with van der Waals surface area (Å²) < 4.78 is 27.9. The second kappa shape index (κ2) is 11.4. The van der Waals surface area contributed by atoms with Gasteiger partial charge in [0.2, 0.25) is 0 Å². The summed E-state index contributed by atoms with van der Waals surface area (Å²) in [5.41, 5.74) is 3.20. The lowest BCUT2D eigenvalue weighted by atomic mass is 9.73. The number of aryl methyl sites for hydroxylation is 2. The van der Waals surface area contributed by atoms with E-state index < -0.39 is 11.6 Å². The van der Waals surface area contributed by atoms with Crippen LogP contribution >= 0.6 is 0 Å². The molecule has 0 radical (unpaired) electrons. The first-order chi connectivity index (χ1) is 15.1. The quantitative estimate of drug-likeness (QED) is 0.251. The van der Waals surface area contributed by atoms with Crippen LogP contribution in [0.15, 0.2) is 66.8 Å². The van der Waals surface area contributed by atoms with Gasteiger partial charge in [-0.05, 0) is 49.3 Å². The lowest BCUT2D eigenvalue weighted by molar-refractivity contribution is 0.387. The molecule has 0 spiro atoms. The normalized spacial score (nSPS) is 20.3. The summed E-state index contributed by atoms with van der Waals surface area (Å²) in [5, 5.41) is 0. The van der Waals surface area contributed by atoms with Gasteiger partial charge in [0.25, 0.3) is 0 Å². The largest absolute Gasteiger partial charge is 0.204 e. The van der Waals surface area contributed by atoms with E-state index >= 15 is 0 Å². The standard InChI is InChI=1S/C29H36F2/c1-3-5-7-19-29(20-16-24-14-12-23(13-15-24)9-6-4-2)21-17-25(18-22-29)26-10-8-11-27(30)28(26)31/h8,10-15,17-18,21-22,25H,3-7,9,16,19-20H2,1-2H3. The van der Waals surface area contributed by atoms with Crippen LogP contribution in [-0.4, -0.2) is 0 Å². The molecule has 0 amide bonds. The molecule has 2 aromatic carbocycles. The SMILES string of the molecule is CCCCCC1(CCc2ccc(CCCC)cc2)C=CC(c2cccc(F)c2F)C=C1.